The normalized spacial score (nSPS) is 11.2. The summed E-state index contributed by atoms with van der Waals surface area (Å²) in [6.07, 6.45) is 0.968. The molecule has 2 rings (SSSR count). The number of amides is 2. The third kappa shape index (κ3) is 7.70. The zero-order chi connectivity index (χ0) is 22.1. The maximum absolute atomic E-state index is 12.2. The average Bonchev–Trinajstić information content (AvgIpc) is 2.72. The number of carbonyl (C=O) groups excluding carboxylic acids is 2. The van der Waals surface area contributed by atoms with Crippen LogP contribution in [0.25, 0.3) is 0 Å². The molecule has 1 atom stereocenters. The number of hydrazine groups is 1. The van der Waals surface area contributed by atoms with Gasteiger partial charge in [0.05, 0.1) is 11.1 Å². The van der Waals surface area contributed by atoms with E-state index in [2.05, 4.69) is 16.2 Å². The van der Waals surface area contributed by atoms with Crippen LogP contribution in [-0.2, 0) is 4.79 Å². The molecule has 30 heavy (non-hydrogen) atoms. The summed E-state index contributed by atoms with van der Waals surface area (Å²) in [6, 6.07) is 11.3. The summed E-state index contributed by atoms with van der Waals surface area (Å²) in [5.41, 5.74) is 5.14. The predicted octanol–water partition coefficient (Wildman–Crippen LogP) is 3.89. The van der Waals surface area contributed by atoms with Crippen molar-refractivity contribution < 1.29 is 19.1 Å². The van der Waals surface area contributed by atoms with Gasteiger partial charge in [-0.25, -0.2) is 0 Å². The average molecular weight is 470 g/mol. The van der Waals surface area contributed by atoms with Gasteiger partial charge >= 0.3 is 0 Å². The van der Waals surface area contributed by atoms with E-state index in [4.69, 9.17) is 44.9 Å². The monoisotopic (exact) mass is 469 g/mol. The van der Waals surface area contributed by atoms with Crippen LogP contribution in [0.2, 0.25) is 10.0 Å². The van der Waals surface area contributed by atoms with E-state index < -0.39 is 11.8 Å². The number of nitrogens with one attached hydrogen (secondary N) is 3. The first kappa shape index (κ1) is 23.7. The molecular weight excluding hydrogens is 449 g/mol. The van der Waals surface area contributed by atoms with Crippen molar-refractivity contribution in [1.82, 2.24) is 16.2 Å². The zero-order valence-electron chi connectivity index (χ0n) is 16.3. The van der Waals surface area contributed by atoms with Crippen LogP contribution in [-0.4, -0.2) is 29.6 Å². The molecule has 160 valence electrons. The van der Waals surface area contributed by atoms with Gasteiger partial charge in [0, 0.05) is 10.6 Å². The molecule has 0 saturated carbocycles. The number of ether oxygens (including phenoxy) is 2. The summed E-state index contributed by atoms with van der Waals surface area (Å²) in [4.78, 5) is 24.1. The number of halogens is 2. The quantitative estimate of drug-likeness (QED) is 0.421. The van der Waals surface area contributed by atoms with Crippen LogP contribution in [0.15, 0.2) is 42.5 Å². The van der Waals surface area contributed by atoms with Crippen molar-refractivity contribution in [3.63, 3.8) is 0 Å². The minimum atomic E-state index is -0.524. The first-order chi connectivity index (χ1) is 14.3. The van der Waals surface area contributed by atoms with Gasteiger partial charge < -0.3 is 9.47 Å². The molecule has 0 aromatic heterocycles. The molecule has 1 unspecified atom stereocenters. The van der Waals surface area contributed by atoms with Gasteiger partial charge in [-0.3, -0.25) is 25.8 Å². The second kappa shape index (κ2) is 11.6. The van der Waals surface area contributed by atoms with Gasteiger partial charge in [-0.15, -0.1) is 0 Å². The third-order valence-corrected chi connectivity index (χ3v) is 4.56. The van der Waals surface area contributed by atoms with E-state index in [1.807, 2.05) is 13.8 Å². The summed E-state index contributed by atoms with van der Waals surface area (Å²) in [6.45, 7) is 3.68. The highest BCUT2D eigenvalue weighted by atomic mass is 35.5. The number of hydrogen-bond acceptors (Lipinski definition) is 5. The molecule has 0 spiro atoms. The van der Waals surface area contributed by atoms with Gasteiger partial charge in [-0.2, -0.15) is 0 Å². The highest BCUT2D eigenvalue weighted by Gasteiger charge is 2.10. The predicted molar refractivity (Wildman–Crippen MR) is 120 cm³/mol. The highest BCUT2D eigenvalue weighted by Crippen LogP contribution is 2.27. The minimum absolute atomic E-state index is 0.0715. The van der Waals surface area contributed by atoms with E-state index in [-0.39, 0.29) is 22.8 Å². The Hall–Kier alpha value is -2.55. The van der Waals surface area contributed by atoms with Crippen molar-refractivity contribution in [3.8, 4) is 11.5 Å². The smallest absolute Gasteiger partial charge is 0.276 e. The van der Waals surface area contributed by atoms with E-state index in [9.17, 15) is 9.59 Å². The van der Waals surface area contributed by atoms with Crippen molar-refractivity contribution in [1.29, 1.82) is 0 Å². The van der Waals surface area contributed by atoms with Crippen LogP contribution >= 0.6 is 35.4 Å². The Labute approximate surface area is 190 Å². The van der Waals surface area contributed by atoms with Gasteiger partial charge in [0.2, 0.25) is 0 Å². The summed E-state index contributed by atoms with van der Waals surface area (Å²) in [5, 5.41) is 3.13. The fourth-order valence-corrected chi connectivity index (χ4v) is 2.71. The van der Waals surface area contributed by atoms with Gasteiger partial charge in [0.25, 0.3) is 11.8 Å². The van der Waals surface area contributed by atoms with Gasteiger partial charge in [0.1, 0.15) is 11.5 Å². The molecule has 0 fully saturated rings. The van der Waals surface area contributed by atoms with Crippen LogP contribution in [0.5, 0.6) is 11.5 Å². The molecule has 2 amide bonds. The maximum atomic E-state index is 12.2. The molecule has 2 aromatic rings. The Bertz CT molecular complexity index is 909. The van der Waals surface area contributed by atoms with E-state index >= 15 is 0 Å². The molecule has 2 aromatic carbocycles. The number of carbonyl (C=O) groups is 2. The lowest BCUT2D eigenvalue weighted by Gasteiger charge is -2.13. The van der Waals surface area contributed by atoms with E-state index in [0.29, 0.717) is 22.1 Å². The number of thiocarbonyl (C=S) groups is 1. The molecule has 3 N–H and O–H groups in total. The molecule has 10 heteroatoms. The van der Waals surface area contributed by atoms with Crippen LogP contribution in [0, 0.1) is 0 Å². The summed E-state index contributed by atoms with van der Waals surface area (Å²) >= 11 is 16.8. The second-order valence-corrected chi connectivity index (χ2v) is 7.43. The van der Waals surface area contributed by atoms with Crippen LogP contribution in [0.4, 0.5) is 0 Å². The molecule has 0 aliphatic heterocycles. The third-order valence-electron chi connectivity index (χ3n) is 3.82. The fraction of sp³-hybridized carbons (Fsp3) is 0.250. The van der Waals surface area contributed by atoms with Gasteiger partial charge in [-0.05, 0) is 68.0 Å². The van der Waals surface area contributed by atoms with Gasteiger partial charge in [-0.1, -0.05) is 30.1 Å². The number of rotatable bonds is 7. The molecular formula is C20H21Cl2N3O4S. The Kier molecular flexibility index (Phi) is 9.16. The van der Waals surface area contributed by atoms with Gasteiger partial charge in [0.15, 0.2) is 11.7 Å². The molecule has 0 saturated heterocycles. The topological polar surface area (TPSA) is 88.7 Å². The number of hydrogen-bond donors (Lipinski definition) is 3. The van der Waals surface area contributed by atoms with Crippen LogP contribution < -0.4 is 25.6 Å². The van der Waals surface area contributed by atoms with E-state index in [1.165, 1.54) is 6.07 Å². The van der Waals surface area contributed by atoms with E-state index in [0.717, 1.165) is 6.42 Å². The lowest BCUT2D eigenvalue weighted by Crippen LogP contribution is -2.49. The lowest BCUT2D eigenvalue weighted by atomic mass is 10.2. The van der Waals surface area contributed by atoms with Crippen LogP contribution in [0.3, 0.4) is 0 Å². The molecule has 7 nitrogen and oxygen atoms in total. The molecule has 0 bridgehead atoms. The fourth-order valence-electron chi connectivity index (χ4n) is 2.11. The van der Waals surface area contributed by atoms with Crippen molar-refractivity contribution in [2.45, 2.75) is 26.4 Å². The number of benzene rings is 2. The maximum Gasteiger partial charge on any atom is 0.276 e. The Morgan fingerprint density at radius 1 is 1.10 bits per heavy atom. The first-order valence-corrected chi connectivity index (χ1v) is 10.2. The highest BCUT2D eigenvalue weighted by molar-refractivity contribution is 7.80. The Morgan fingerprint density at radius 2 is 1.80 bits per heavy atom. The summed E-state index contributed by atoms with van der Waals surface area (Å²) in [5.74, 6) is 0.0349. The first-order valence-electron chi connectivity index (χ1n) is 9.03. The van der Waals surface area contributed by atoms with E-state index in [1.54, 1.807) is 36.4 Å². The summed E-state index contributed by atoms with van der Waals surface area (Å²) in [7, 11) is 0. The largest absolute Gasteiger partial charge is 0.491 e. The molecule has 0 heterocycles. The minimum Gasteiger partial charge on any atom is -0.491 e. The lowest BCUT2D eigenvalue weighted by molar-refractivity contribution is -0.123. The Balaban J connectivity index is 1.75. The second-order valence-electron chi connectivity index (χ2n) is 6.18. The molecule has 0 aliphatic rings. The van der Waals surface area contributed by atoms with Crippen LogP contribution in [0.1, 0.15) is 30.6 Å². The van der Waals surface area contributed by atoms with Crippen molar-refractivity contribution in [3.05, 3.63) is 58.1 Å². The SMILES string of the molecule is CCC(C)Oc1ccc(C(=O)NC(=S)NNC(=O)COc2ccc(Cl)cc2Cl)cc1. The summed E-state index contributed by atoms with van der Waals surface area (Å²) < 4.78 is 11.0. The van der Waals surface area contributed by atoms with Crippen molar-refractivity contribution in [2.24, 2.45) is 0 Å². The Morgan fingerprint density at radius 3 is 2.43 bits per heavy atom. The van der Waals surface area contributed by atoms with Crippen molar-refractivity contribution >= 4 is 52.3 Å². The zero-order valence-corrected chi connectivity index (χ0v) is 18.7. The molecule has 0 aliphatic carbocycles. The van der Waals surface area contributed by atoms with Crippen molar-refractivity contribution in [2.75, 3.05) is 6.61 Å². The standard InChI is InChI=1S/C20H21Cl2N3O4S/c1-3-12(2)29-15-7-4-13(5-8-15)19(27)23-20(30)25-24-18(26)11-28-17-9-6-14(21)10-16(17)22/h4-10,12H,3,11H2,1-2H3,(H,24,26)(H2,23,25,27,30). The molecule has 0 radical (unpaired) electrons.